The van der Waals surface area contributed by atoms with Crippen molar-refractivity contribution in [3.05, 3.63) is 17.6 Å². The number of ether oxygens (including phenoxy) is 1. The summed E-state index contributed by atoms with van der Waals surface area (Å²) in [7, 11) is 0. The zero-order valence-corrected chi connectivity index (χ0v) is 9.14. The van der Waals surface area contributed by atoms with Gasteiger partial charge in [-0.25, -0.2) is 14.8 Å². The number of nitrogens with two attached hydrogens (primary N) is 1. The molecule has 1 aliphatic heterocycles. The molecule has 6 nitrogen and oxygen atoms in total. The molecule has 1 amide bonds. The lowest BCUT2D eigenvalue weighted by Gasteiger charge is -2.11. The molecule has 16 heavy (non-hydrogen) atoms. The van der Waals surface area contributed by atoms with Crippen LogP contribution in [-0.4, -0.2) is 40.7 Å². The molecule has 0 radical (unpaired) electrons. The Morgan fingerprint density at radius 2 is 2.38 bits per heavy atom. The smallest absolute Gasteiger partial charge is 0.409 e. The first-order chi connectivity index (χ1) is 7.65. The normalized spacial score (nSPS) is 15.3. The summed E-state index contributed by atoms with van der Waals surface area (Å²) in [5, 5.41) is 0. The molecule has 1 aromatic heterocycles. The van der Waals surface area contributed by atoms with Gasteiger partial charge in [0.15, 0.2) is 0 Å². The van der Waals surface area contributed by atoms with Gasteiger partial charge in [0, 0.05) is 24.7 Å². The van der Waals surface area contributed by atoms with Crippen LogP contribution in [-0.2, 0) is 11.2 Å². The minimum Gasteiger partial charge on any atom is -0.448 e. The van der Waals surface area contributed by atoms with Crippen molar-refractivity contribution < 1.29 is 9.53 Å². The first-order valence-electron chi connectivity index (χ1n) is 5.17. The van der Waals surface area contributed by atoms with Crippen molar-refractivity contribution in [1.29, 1.82) is 0 Å². The number of nitrogen functional groups attached to an aromatic ring is 1. The Morgan fingerprint density at radius 1 is 1.56 bits per heavy atom. The van der Waals surface area contributed by atoms with Crippen LogP contribution in [0.15, 0.2) is 6.07 Å². The molecule has 0 aromatic carbocycles. The third-order valence-corrected chi connectivity index (χ3v) is 2.37. The number of nitrogens with zero attached hydrogens (tertiary/aromatic N) is 3. The molecule has 0 spiro atoms. The zero-order valence-electron chi connectivity index (χ0n) is 9.14. The summed E-state index contributed by atoms with van der Waals surface area (Å²) < 4.78 is 4.82. The summed E-state index contributed by atoms with van der Waals surface area (Å²) in [6.45, 7) is 3.54. The van der Waals surface area contributed by atoms with Gasteiger partial charge in [-0.15, -0.1) is 0 Å². The van der Waals surface area contributed by atoms with Crippen LogP contribution in [0.5, 0.6) is 0 Å². The Kier molecular flexibility index (Phi) is 2.89. The molecule has 2 N–H and O–H groups in total. The molecular weight excluding hydrogens is 208 g/mol. The van der Waals surface area contributed by atoms with Gasteiger partial charge in [0.25, 0.3) is 0 Å². The van der Waals surface area contributed by atoms with Gasteiger partial charge in [-0.3, -0.25) is 0 Å². The molecule has 0 aliphatic carbocycles. The number of amides is 1. The number of rotatable bonds is 3. The lowest BCUT2D eigenvalue weighted by atomic mass is 10.3. The summed E-state index contributed by atoms with van der Waals surface area (Å²) in [5.41, 5.74) is 6.45. The van der Waals surface area contributed by atoms with E-state index >= 15 is 0 Å². The van der Waals surface area contributed by atoms with Crippen LogP contribution in [0, 0.1) is 6.92 Å². The number of carbonyl (C=O) groups excluding carboxylic acids is 1. The first-order valence-corrected chi connectivity index (χ1v) is 5.17. The number of anilines is 1. The van der Waals surface area contributed by atoms with Gasteiger partial charge in [0.2, 0.25) is 0 Å². The number of cyclic esters (lactones) is 1. The number of hydrogen-bond donors (Lipinski definition) is 1. The Labute approximate surface area is 93.4 Å². The molecule has 1 saturated heterocycles. The van der Waals surface area contributed by atoms with Crippen molar-refractivity contribution in [1.82, 2.24) is 14.9 Å². The fourth-order valence-corrected chi connectivity index (χ4v) is 1.63. The van der Waals surface area contributed by atoms with Crippen LogP contribution in [0.25, 0.3) is 0 Å². The Bertz CT molecular complexity index is 388. The number of aryl methyl sites for hydroxylation is 1. The molecule has 0 bridgehead atoms. The third-order valence-electron chi connectivity index (χ3n) is 2.37. The minimum atomic E-state index is -0.263. The van der Waals surface area contributed by atoms with Crippen molar-refractivity contribution in [2.75, 3.05) is 25.4 Å². The largest absolute Gasteiger partial charge is 0.448 e. The van der Waals surface area contributed by atoms with Gasteiger partial charge in [-0.2, -0.15) is 0 Å². The Balaban J connectivity index is 1.96. The van der Waals surface area contributed by atoms with Gasteiger partial charge in [0.05, 0.1) is 6.54 Å². The first kappa shape index (κ1) is 10.7. The van der Waals surface area contributed by atoms with E-state index in [9.17, 15) is 4.79 Å². The van der Waals surface area contributed by atoms with Crippen molar-refractivity contribution >= 4 is 11.9 Å². The predicted molar refractivity (Wildman–Crippen MR) is 57.8 cm³/mol. The van der Waals surface area contributed by atoms with Crippen molar-refractivity contribution in [3.63, 3.8) is 0 Å². The highest BCUT2D eigenvalue weighted by Gasteiger charge is 2.21. The fraction of sp³-hybridized carbons (Fsp3) is 0.500. The van der Waals surface area contributed by atoms with Gasteiger partial charge < -0.3 is 15.4 Å². The number of aromatic nitrogens is 2. The maximum Gasteiger partial charge on any atom is 0.409 e. The maximum absolute atomic E-state index is 11.2. The number of carbonyl (C=O) groups is 1. The van der Waals surface area contributed by atoms with E-state index < -0.39 is 0 Å². The second kappa shape index (κ2) is 4.34. The molecule has 0 unspecified atom stereocenters. The monoisotopic (exact) mass is 222 g/mol. The highest BCUT2D eigenvalue weighted by molar-refractivity contribution is 5.69. The fourth-order valence-electron chi connectivity index (χ4n) is 1.63. The number of hydrogen-bond acceptors (Lipinski definition) is 5. The summed E-state index contributed by atoms with van der Waals surface area (Å²) in [6.07, 6.45) is 0.335. The second-order valence-electron chi connectivity index (χ2n) is 3.70. The standard InChI is InChI=1S/C10H14N4O2/c1-7-6-8(11)13-9(12-7)2-3-14-4-5-16-10(14)15/h6H,2-5H2,1H3,(H2,11,12,13). The van der Waals surface area contributed by atoms with Crippen LogP contribution < -0.4 is 5.73 Å². The molecular formula is C10H14N4O2. The zero-order chi connectivity index (χ0) is 11.5. The van der Waals surface area contributed by atoms with Gasteiger partial charge in [0.1, 0.15) is 18.2 Å². The Morgan fingerprint density at radius 3 is 3.00 bits per heavy atom. The van der Waals surface area contributed by atoms with Crippen LogP contribution >= 0.6 is 0 Å². The molecule has 6 heteroatoms. The molecule has 86 valence electrons. The summed E-state index contributed by atoms with van der Waals surface area (Å²) in [6, 6.07) is 1.72. The molecule has 1 aromatic rings. The van der Waals surface area contributed by atoms with E-state index in [-0.39, 0.29) is 6.09 Å². The van der Waals surface area contributed by atoms with Crippen LogP contribution in [0.1, 0.15) is 11.5 Å². The van der Waals surface area contributed by atoms with Gasteiger partial charge in [-0.05, 0) is 6.92 Å². The van der Waals surface area contributed by atoms with E-state index in [0.29, 0.717) is 37.8 Å². The van der Waals surface area contributed by atoms with Crippen LogP contribution in [0.2, 0.25) is 0 Å². The topological polar surface area (TPSA) is 81.3 Å². The van der Waals surface area contributed by atoms with Crippen molar-refractivity contribution in [3.8, 4) is 0 Å². The molecule has 0 atom stereocenters. The summed E-state index contributed by atoms with van der Waals surface area (Å²) in [4.78, 5) is 21.2. The minimum absolute atomic E-state index is 0.263. The SMILES string of the molecule is Cc1cc(N)nc(CCN2CCOC2=O)n1. The maximum atomic E-state index is 11.2. The highest BCUT2D eigenvalue weighted by Crippen LogP contribution is 2.06. The second-order valence-corrected chi connectivity index (χ2v) is 3.70. The molecule has 1 aliphatic rings. The quantitative estimate of drug-likeness (QED) is 0.798. The lowest BCUT2D eigenvalue weighted by Crippen LogP contribution is -2.27. The summed E-state index contributed by atoms with van der Waals surface area (Å²) in [5.74, 6) is 1.13. The molecule has 2 heterocycles. The Hall–Kier alpha value is -1.85. The van der Waals surface area contributed by atoms with Crippen molar-refractivity contribution in [2.45, 2.75) is 13.3 Å². The van der Waals surface area contributed by atoms with Gasteiger partial charge in [-0.1, -0.05) is 0 Å². The molecule has 2 rings (SSSR count). The van der Waals surface area contributed by atoms with E-state index in [2.05, 4.69) is 9.97 Å². The van der Waals surface area contributed by atoms with Crippen molar-refractivity contribution in [2.24, 2.45) is 0 Å². The third kappa shape index (κ3) is 2.39. The molecule has 1 fully saturated rings. The van der Waals surface area contributed by atoms with Gasteiger partial charge >= 0.3 is 6.09 Å². The van der Waals surface area contributed by atoms with E-state index in [1.165, 1.54) is 0 Å². The lowest BCUT2D eigenvalue weighted by molar-refractivity contribution is 0.158. The van der Waals surface area contributed by atoms with Crippen LogP contribution in [0.3, 0.4) is 0 Å². The van der Waals surface area contributed by atoms with E-state index in [4.69, 9.17) is 10.5 Å². The van der Waals surface area contributed by atoms with E-state index in [1.54, 1.807) is 11.0 Å². The van der Waals surface area contributed by atoms with E-state index in [0.717, 1.165) is 5.69 Å². The summed E-state index contributed by atoms with van der Waals surface area (Å²) >= 11 is 0. The highest BCUT2D eigenvalue weighted by atomic mass is 16.6. The molecule has 0 saturated carbocycles. The predicted octanol–water partition coefficient (Wildman–Crippen LogP) is 0.362. The van der Waals surface area contributed by atoms with Crippen LogP contribution in [0.4, 0.5) is 10.6 Å². The van der Waals surface area contributed by atoms with E-state index in [1.807, 2.05) is 6.92 Å². The average Bonchev–Trinajstić information content (AvgIpc) is 2.59. The average molecular weight is 222 g/mol.